The second-order valence-corrected chi connectivity index (χ2v) is 10.9. The summed E-state index contributed by atoms with van der Waals surface area (Å²) in [5.74, 6) is 0.929. The van der Waals surface area contributed by atoms with Gasteiger partial charge in [0.15, 0.2) is 0 Å². The molecule has 1 aliphatic heterocycles. The maximum atomic E-state index is 5.48. The van der Waals surface area contributed by atoms with Crippen LogP contribution in [0.25, 0.3) is 23.0 Å². The molecule has 0 radical (unpaired) electrons. The highest BCUT2D eigenvalue weighted by Crippen LogP contribution is 2.39. The summed E-state index contributed by atoms with van der Waals surface area (Å²) >= 11 is 3.71. The van der Waals surface area contributed by atoms with E-state index >= 15 is 0 Å². The quantitative estimate of drug-likeness (QED) is 0.253. The summed E-state index contributed by atoms with van der Waals surface area (Å²) in [5.41, 5.74) is 15.5. The van der Waals surface area contributed by atoms with Crippen LogP contribution in [0.4, 0.5) is 0 Å². The predicted molar refractivity (Wildman–Crippen MR) is 152 cm³/mol. The van der Waals surface area contributed by atoms with Crippen molar-refractivity contribution < 1.29 is 9.31 Å². The lowest BCUT2D eigenvalue weighted by atomic mass is 9.90. The Hall–Kier alpha value is -3.37. The van der Waals surface area contributed by atoms with Gasteiger partial charge in [-0.15, -0.1) is 0 Å². The average molecular weight is 539 g/mol. The molecule has 0 bridgehead atoms. The van der Waals surface area contributed by atoms with Crippen LogP contribution in [-0.4, -0.2) is 29.0 Å². The highest BCUT2D eigenvalue weighted by atomic mass is 79.9. The maximum Gasteiger partial charge on any atom is 0.221 e. The molecule has 0 atom stereocenters. The smallest absolute Gasteiger partial charge is 0.221 e. The van der Waals surface area contributed by atoms with Gasteiger partial charge in [0.25, 0.3) is 0 Å². The Balaban J connectivity index is 1.53. The first-order chi connectivity index (χ1) is 17.4. The third kappa shape index (κ3) is 3.58. The SMILES string of the molecule is COc1ccc2c(c1)CCc1cc(C=C3c4ccc(Br)cc4C(c4ccc(C)cc4C)=[N+]3C)n(C)c1-2. The van der Waals surface area contributed by atoms with Crippen LogP contribution in [0, 0.1) is 13.8 Å². The van der Waals surface area contributed by atoms with Gasteiger partial charge in [-0.25, -0.2) is 0 Å². The van der Waals surface area contributed by atoms with Crippen molar-refractivity contribution in [2.24, 2.45) is 7.05 Å². The first-order valence-electron chi connectivity index (χ1n) is 12.4. The monoisotopic (exact) mass is 537 g/mol. The molecule has 4 heteroatoms. The summed E-state index contributed by atoms with van der Waals surface area (Å²) in [7, 11) is 6.12. The van der Waals surface area contributed by atoms with Crippen LogP contribution in [0.1, 0.15) is 44.6 Å². The van der Waals surface area contributed by atoms with E-state index in [0.29, 0.717) is 0 Å². The van der Waals surface area contributed by atoms with Gasteiger partial charge in [0.2, 0.25) is 11.4 Å². The van der Waals surface area contributed by atoms with Crippen LogP contribution in [0.5, 0.6) is 5.75 Å². The molecule has 4 aromatic rings. The fraction of sp³-hybridized carbons (Fsp3) is 0.219. The first-order valence-corrected chi connectivity index (χ1v) is 13.2. The number of ether oxygens (including phenoxy) is 1. The number of hydrogen-bond donors (Lipinski definition) is 0. The Morgan fingerprint density at radius 1 is 0.861 bits per heavy atom. The number of methoxy groups -OCH3 is 1. The predicted octanol–water partition coefficient (Wildman–Crippen LogP) is 7.17. The van der Waals surface area contributed by atoms with Gasteiger partial charge >= 0.3 is 0 Å². The van der Waals surface area contributed by atoms with Crippen molar-refractivity contribution >= 4 is 33.4 Å². The molecule has 36 heavy (non-hydrogen) atoms. The van der Waals surface area contributed by atoms with E-state index in [1.165, 1.54) is 67.3 Å². The molecule has 3 nitrogen and oxygen atoms in total. The topological polar surface area (TPSA) is 17.2 Å². The average Bonchev–Trinajstić information content (AvgIpc) is 3.32. The normalized spacial score (nSPS) is 15.2. The van der Waals surface area contributed by atoms with Crippen molar-refractivity contribution in [2.75, 3.05) is 14.2 Å². The van der Waals surface area contributed by atoms with E-state index in [-0.39, 0.29) is 0 Å². The fourth-order valence-electron chi connectivity index (χ4n) is 5.91. The molecular formula is C32H30BrN2O+. The number of aromatic nitrogens is 1. The highest BCUT2D eigenvalue weighted by Gasteiger charge is 2.35. The van der Waals surface area contributed by atoms with Gasteiger partial charge < -0.3 is 9.30 Å². The third-order valence-electron chi connectivity index (χ3n) is 7.71. The lowest BCUT2D eigenvalue weighted by molar-refractivity contribution is -0.389. The van der Waals surface area contributed by atoms with E-state index in [9.17, 15) is 0 Å². The van der Waals surface area contributed by atoms with Crippen molar-refractivity contribution in [2.45, 2.75) is 26.7 Å². The van der Waals surface area contributed by atoms with Gasteiger partial charge in [-0.2, -0.15) is 4.58 Å². The molecule has 2 heterocycles. The molecule has 0 saturated heterocycles. The maximum absolute atomic E-state index is 5.48. The minimum absolute atomic E-state index is 0.929. The Morgan fingerprint density at radius 3 is 2.39 bits per heavy atom. The summed E-state index contributed by atoms with van der Waals surface area (Å²) in [6.07, 6.45) is 4.44. The number of fused-ring (bicyclic) bond motifs is 4. The summed E-state index contributed by atoms with van der Waals surface area (Å²) in [6, 6.07) is 22.2. The van der Waals surface area contributed by atoms with Gasteiger partial charge in [-0.1, -0.05) is 33.6 Å². The van der Waals surface area contributed by atoms with E-state index in [1.54, 1.807) is 7.11 Å². The van der Waals surface area contributed by atoms with Crippen LogP contribution in [0.15, 0.2) is 65.1 Å². The van der Waals surface area contributed by atoms with Gasteiger partial charge in [0.05, 0.1) is 23.9 Å². The van der Waals surface area contributed by atoms with Crippen LogP contribution in [-0.2, 0) is 19.9 Å². The molecule has 0 N–H and O–H groups in total. The number of halogens is 1. The Morgan fingerprint density at radius 2 is 1.61 bits per heavy atom. The number of aryl methyl sites for hydroxylation is 4. The van der Waals surface area contributed by atoms with Gasteiger partial charge in [-0.05, 0) is 91.9 Å². The van der Waals surface area contributed by atoms with Gasteiger partial charge in [0.1, 0.15) is 12.8 Å². The van der Waals surface area contributed by atoms with E-state index < -0.39 is 0 Å². The standard InChI is InChI=1S/C32H30BrN2O/c1-19-6-11-26(20(2)14-19)32-29-17-23(33)9-12-28(29)30(35(32)4)18-24-15-22-8-7-21-16-25(36-5)10-13-27(21)31(22)34(24)3/h6,9-18H,7-8H2,1-5H3/q+1. The second kappa shape index (κ2) is 8.63. The fourth-order valence-corrected chi connectivity index (χ4v) is 6.27. The van der Waals surface area contributed by atoms with Crippen molar-refractivity contribution in [3.05, 3.63) is 110 Å². The van der Waals surface area contributed by atoms with Crippen molar-refractivity contribution in [1.29, 1.82) is 0 Å². The van der Waals surface area contributed by atoms with E-state index in [1.807, 2.05) is 0 Å². The lowest BCUT2D eigenvalue weighted by Gasteiger charge is -2.19. The van der Waals surface area contributed by atoms with E-state index in [4.69, 9.17) is 4.74 Å². The molecule has 0 saturated carbocycles. The molecule has 0 amide bonds. The molecule has 1 aliphatic carbocycles. The van der Waals surface area contributed by atoms with Crippen LogP contribution in [0.3, 0.4) is 0 Å². The minimum atomic E-state index is 0.929. The van der Waals surface area contributed by atoms with Gasteiger partial charge in [0, 0.05) is 34.4 Å². The van der Waals surface area contributed by atoms with Gasteiger partial charge in [-0.3, -0.25) is 0 Å². The number of nitrogens with zero attached hydrogens (tertiary/aromatic N) is 2. The Kier molecular flexibility index (Phi) is 5.53. The van der Waals surface area contributed by atoms with E-state index in [2.05, 4.69) is 120 Å². The number of rotatable bonds is 3. The zero-order valence-electron chi connectivity index (χ0n) is 21.4. The molecule has 1 aromatic heterocycles. The summed E-state index contributed by atoms with van der Waals surface area (Å²) < 4.78 is 11.3. The molecular weight excluding hydrogens is 508 g/mol. The van der Waals surface area contributed by atoms with Crippen molar-refractivity contribution in [1.82, 2.24) is 4.57 Å². The minimum Gasteiger partial charge on any atom is -0.497 e. The second-order valence-electron chi connectivity index (χ2n) is 9.97. The third-order valence-corrected chi connectivity index (χ3v) is 8.20. The van der Waals surface area contributed by atoms with E-state index in [0.717, 1.165) is 23.1 Å². The van der Waals surface area contributed by atoms with Crippen LogP contribution >= 0.6 is 15.9 Å². The summed E-state index contributed by atoms with van der Waals surface area (Å²) in [4.78, 5) is 0. The van der Waals surface area contributed by atoms with Crippen molar-refractivity contribution in [3.8, 4) is 17.0 Å². The Bertz CT molecular complexity index is 1620. The number of hydrogen-bond acceptors (Lipinski definition) is 1. The first kappa shape index (κ1) is 23.1. The number of benzene rings is 3. The zero-order chi connectivity index (χ0) is 25.1. The molecule has 6 rings (SSSR count). The molecule has 0 spiro atoms. The Labute approximate surface area is 221 Å². The van der Waals surface area contributed by atoms with Crippen LogP contribution in [0.2, 0.25) is 0 Å². The van der Waals surface area contributed by atoms with Crippen LogP contribution < -0.4 is 4.74 Å². The summed E-state index contributed by atoms with van der Waals surface area (Å²) in [5, 5.41) is 0. The largest absolute Gasteiger partial charge is 0.497 e. The zero-order valence-corrected chi connectivity index (χ0v) is 23.0. The lowest BCUT2D eigenvalue weighted by Crippen LogP contribution is -2.13. The molecule has 0 fully saturated rings. The molecule has 0 unspecified atom stereocenters. The highest BCUT2D eigenvalue weighted by molar-refractivity contribution is 9.10. The molecule has 2 aliphatic rings. The summed E-state index contributed by atoms with van der Waals surface area (Å²) in [6.45, 7) is 4.36. The molecule has 3 aromatic carbocycles. The molecule has 180 valence electrons. The van der Waals surface area contributed by atoms with Crippen molar-refractivity contribution in [3.63, 3.8) is 0 Å².